The summed E-state index contributed by atoms with van der Waals surface area (Å²) in [6, 6.07) is 5.78. The van der Waals surface area contributed by atoms with Crippen LogP contribution in [0.1, 0.15) is 24.4 Å². The van der Waals surface area contributed by atoms with Crippen LogP contribution in [0.3, 0.4) is 0 Å². The first-order valence-corrected chi connectivity index (χ1v) is 5.23. The molecule has 0 aliphatic heterocycles. The van der Waals surface area contributed by atoms with Gasteiger partial charge < -0.3 is 4.42 Å². The van der Waals surface area contributed by atoms with Crippen molar-refractivity contribution < 1.29 is 4.42 Å². The van der Waals surface area contributed by atoms with Gasteiger partial charge in [-0.25, -0.2) is 9.97 Å². The van der Waals surface area contributed by atoms with Crippen LogP contribution in [0, 0.1) is 0 Å². The SMILES string of the molecule is c1cnc(CCCCc2ccco2)nc1. The molecule has 2 aromatic rings. The number of furan rings is 1. The zero-order chi connectivity index (χ0) is 10.3. The van der Waals surface area contributed by atoms with Gasteiger partial charge in [-0.15, -0.1) is 0 Å². The second kappa shape index (κ2) is 5.29. The summed E-state index contributed by atoms with van der Waals surface area (Å²) in [5, 5.41) is 0. The molecule has 3 nitrogen and oxygen atoms in total. The fraction of sp³-hybridized carbons (Fsp3) is 0.333. The molecule has 15 heavy (non-hydrogen) atoms. The average Bonchev–Trinajstić information content (AvgIpc) is 2.79. The minimum atomic E-state index is 0.928. The average molecular weight is 202 g/mol. The van der Waals surface area contributed by atoms with E-state index in [1.54, 1.807) is 18.7 Å². The van der Waals surface area contributed by atoms with E-state index in [2.05, 4.69) is 9.97 Å². The maximum atomic E-state index is 5.25. The predicted molar refractivity (Wildman–Crippen MR) is 57.4 cm³/mol. The first kappa shape index (κ1) is 9.90. The Bertz CT molecular complexity index is 370. The van der Waals surface area contributed by atoms with Gasteiger partial charge in [-0.05, 0) is 31.0 Å². The third kappa shape index (κ3) is 3.20. The number of hydrogen-bond acceptors (Lipinski definition) is 3. The molecule has 0 bridgehead atoms. The summed E-state index contributed by atoms with van der Waals surface area (Å²) < 4.78 is 5.25. The van der Waals surface area contributed by atoms with Crippen molar-refractivity contribution in [1.82, 2.24) is 9.97 Å². The minimum absolute atomic E-state index is 0.928. The highest BCUT2D eigenvalue weighted by atomic mass is 16.3. The number of unbranched alkanes of at least 4 members (excludes halogenated alkanes) is 1. The third-order valence-corrected chi connectivity index (χ3v) is 2.27. The topological polar surface area (TPSA) is 38.9 Å². The lowest BCUT2D eigenvalue weighted by molar-refractivity contribution is 0.497. The Hall–Kier alpha value is -1.64. The predicted octanol–water partition coefficient (Wildman–Crippen LogP) is 2.64. The van der Waals surface area contributed by atoms with Crippen LogP contribution >= 0.6 is 0 Å². The Labute approximate surface area is 89.2 Å². The van der Waals surface area contributed by atoms with E-state index in [0.29, 0.717) is 0 Å². The Morgan fingerprint density at radius 1 is 1.00 bits per heavy atom. The summed E-state index contributed by atoms with van der Waals surface area (Å²) in [7, 11) is 0. The van der Waals surface area contributed by atoms with Crippen molar-refractivity contribution >= 4 is 0 Å². The summed E-state index contributed by atoms with van der Waals surface area (Å²) >= 11 is 0. The molecule has 78 valence electrons. The van der Waals surface area contributed by atoms with Crippen molar-refractivity contribution in [2.75, 3.05) is 0 Å². The van der Waals surface area contributed by atoms with Gasteiger partial charge in [0.1, 0.15) is 11.6 Å². The van der Waals surface area contributed by atoms with Gasteiger partial charge in [0.2, 0.25) is 0 Å². The standard InChI is InChI=1S/C12H14N2O/c1(5-11-6-3-10-15-11)2-7-12-13-8-4-9-14-12/h3-4,6,8-10H,1-2,5,7H2. The van der Waals surface area contributed by atoms with Crippen LogP contribution in [0.4, 0.5) is 0 Å². The monoisotopic (exact) mass is 202 g/mol. The molecule has 0 saturated carbocycles. The lowest BCUT2D eigenvalue weighted by Gasteiger charge is -1.98. The zero-order valence-corrected chi connectivity index (χ0v) is 8.60. The maximum absolute atomic E-state index is 5.25. The van der Waals surface area contributed by atoms with E-state index >= 15 is 0 Å². The van der Waals surface area contributed by atoms with Gasteiger partial charge in [-0.2, -0.15) is 0 Å². The molecule has 0 aliphatic carbocycles. The molecular weight excluding hydrogens is 188 g/mol. The third-order valence-electron chi connectivity index (χ3n) is 2.27. The molecule has 0 unspecified atom stereocenters. The van der Waals surface area contributed by atoms with Crippen LogP contribution in [0.5, 0.6) is 0 Å². The Morgan fingerprint density at radius 3 is 2.53 bits per heavy atom. The highest BCUT2D eigenvalue weighted by molar-refractivity contribution is 4.98. The highest BCUT2D eigenvalue weighted by Crippen LogP contribution is 2.07. The van der Waals surface area contributed by atoms with Crippen molar-refractivity contribution in [3.63, 3.8) is 0 Å². The molecule has 0 aromatic carbocycles. The molecule has 3 heteroatoms. The number of aromatic nitrogens is 2. The van der Waals surface area contributed by atoms with Crippen LogP contribution in [-0.2, 0) is 12.8 Å². The van der Waals surface area contributed by atoms with E-state index in [-0.39, 0.29) is 0 Å². The van der Waals surface area contributed by atoms with Crippen LogP contribution < -0.4 is 0 Å². The molecule has 0 atom stereocenters. The van der Waals surface area contributed by atoms with Gasteiger partial charge in [0, 0.05) is 25.2 Å². The normalized spacial score (nSPS) is 10.4. The first-order valence-electron chi connectivity index (χ1n) is 5.23. The number of aryl methyl sites for hydroxylation is 2. The van der Waals surface area contributed by atoms with Crippen molar-refractivity contribution in [2.24, 2.45) is 0 Å². The largest absolute Gasteiger partial charge is 0.469 e. The molecule has 0 fully saturated rings. The number of rotatable bonds is 5. The van der Waals surface area contributed by atoms with Gasteiger partial charge in [0.15, 0.2) is 0 Å². The quantitative estimate of drug-likeness (QED) is 0.699. The fourth-order valence-electron chi connectivity index (χ4n) is 1.50. The lowest BCUT2D eigenvalue weighted by Crippen LogP contribution is -1.94. The molecule has 2 heterocycles. The van der Waals surface area contributed by atoms with Gasteiger partial charge in [0.05, 0.1) is 6.26 Å². The van der Waals surface area contributed by atoms with E-state index in [1.807, 2.05) is 18.2 Å². The van der Waals surface area contributed by atoms with Crippen molar-refractivity contribution in [3.05, 3.63) is 48.4 Å². The Morgan fingerprint density at radius 2 is 1.80 bits per heavy atom. The lowest BCUT2D eigenvalue weighted by atomic mass is 10.1. The van der Waals surface area contributed by atoms with Crippen molar-refractivity contribution in [3.8, 4) is 0 Å². The fourth-order valence-corrected chi connectivity index (χ4v) is 1.50. The molecule has 0 spiro atoms. The maximum Gasteiger partial charge on any atom is 0.128 e. The van der Waals surface area contributed by atoms with E-state index in [4.69, 9.17) is 4.42 Å². The summed E-state index contributed by atoms with van der Waals surface area (Å²) in [4.78, 5) is 8.36. The van der Waals surface area contributed by atoms with E-state index in [9.17, 15) is 0 Å². The van der Waals surface area contributed by atoms with Crippen molar-refractivity contribution in [1.29, 1.82) is 0 Å². The zero-order valence-electron chi connectivity index (χ0n) is 8.60. The van der Waals surface area contributed by atoms with Crippen LogP contribution in [-0.4, -0.2) is 9.97 Å². The van der Waals surface area contributed by atoms with Gasteiger partial charge in [-0.3, -0.25) is 0 Å². The number of nitrogens with zero attached hydrogens (tertiary/aromatic N) is 2. The van der Waals surface area contributed by atoms with Gasteiger partial charge >= 0.3 is 0 Å². The Kier molecular flexibility index (Phi) is 3.49. The highest BCUT2D eigenvalue weighted by Gasteiger charge is 1.97. The van der Waals surface area contributed by atoms with Gasteiger partial charge in [-0.1, -0.05) is 0 Å². The molecule has 0 aliphatic rings. The smallest absolute Gasteiger partial charge is 0.128 e. The van der Waals surface area contributed by atoms with Crippen LogP contribution in [0.2, 0.25) is 0 Å². The number of hydrogen-bond donors (Lipinski definition) is 0. The summed E-state index contributed by atoms with van der Waals surface area (Å²) in [5.74, 6) is 1.99. The molecule has 2 rings (SSSR count). The summed E-state index contributed by atoms with van der Waals surface area (Å²) in [6.07, 6.45) is 9.46. The molecule has 2 aromatic heterocycles. The van der Waals surface area contributed by atoms with Crippen LogP contribution in [0.25, 0.3) is 0 Å². The van der Waals surface area contributed by atoms with Crippen molar-refractivity contribution in [2.45, 2.75) is 25.7 Å². The molecule has 0 amide bonds. The summed E-state index contributed by atoms with van der Waals surface area (Å²) in [5.41, 5.74) is 0. The second-order valence-corrected chi connectivity index (χ2v) is 3.45. The van der Waals surface area contributed by atoms with E-state index in [0.717, 1.165) is 37.3 Å². The first-order chi connectivity index (χ1) is 7.45. The van der Waals surface area contributed by atoms with Gasteiger partial charge in [0.25, 0.3) is 0 Å². The molecular formula is C12H14N2O. The molecule has 0 saturated heterocycles. The second-order valence-electron chi connectivity index (χ2n) is 3.45. The summed E-state index contributed by atoms with van der Waals surface area (Å²) in [6.45, 7) is 0. The van der Waals surface area contributed by atoms with E-state index < -0.39 is 0 Å². The molecule has 0 radical (unpaired) electrons. The minimum Gasteiger partial charge on any atom is -0.469 e. The molecule has 0 N–H and O–H groups in total. The Balaban J connectivity index is 1.68. The van der Waals surface area contributed by atoms with Crippen LogP contribution in [0.15, 0.2) is 41.3 Å². The van der Waals surface area contributed by atoms with E-state index in [1.165, 1.54) is 0 Å².